The molecule has 0 spiro atoms. The molecule has 0 heterocycles. The maximum absolute atomic E-state index is 9.47. The maximum Gasteiger partial charge on any atom is 1.00 e. The molecule has 0 amide bonds. The summed E-state index contributed by atoms with van der Waals surface area (Å²) in [5, 5.41) is 9.47. The van der Waals surface area contributed by atoms with Crippen LogP contribution in [0.1, 0.15) is 5.56 Å². The number of aromatic hydroxyl groups is 1. The predicted octanol–water partition coefficient (Wildman–Crippen LogP) is 0.147. The number of nitrogens with zero attached hydrogens (tertiary/aromatic N) is 1. The van der Waals surface area contributed by atoms with Gasteiger partial charge in [0.15, 0.2) is 0 Å². The molecule has 16 heavy (non-hydrogen) atoms. The molecule has 2 nitrogen and oxygen atoms in total. The summed E-state index contributed by atoms with van der Waals surface area (Å²) in [6.45, 7) is 0. The molecule has 0 saturated carbocycles. The molecule has 3 heteroatoms. The number of phenolic OH excluding ortho intramolecular Hbond substituents is 1. The summed E-state index contributed by atoms with van der Waals surface area (Å²) in [6.07, 6.45) is 1.73. The van der Waals surface area contributed by atoms with Gasteiger partial charge in [0.25, 0.3) is 0 Å². The minimum absolute atomic E-state index is 0. The van der Waals surface area contributed by atoms with Gasteiger partial charge < -0.3 is 5.11 Å². The largest absolute Gasteiger partial charge is 1.00 e. The van der Waals surface area contributed by atoms with Crippen LogP contribution in [0, 0.1) is 0 Å². The van der Waals surface area contributed by atoms with Gasteiger partial charge in [0.05, 0.1) is 0 Å². The van der Waals surface area contributed by atoms with Crippen molar-refractivity contribution >= 4 is 11.9 Å². The molecule has 1 N–H and O–H groups in total. The van der Waals surface area contributed by atoms with Gasteiger partial charge in [0, 0.05) is 6.21 Å². The molecule has 0 aliphatic carbocycles. The van der Waals surface area contributed by atoms with Gasteiger partial charge in [-0.3, -0.25) is 4.99 Å². The van der Waals surface area contributed by atoms with Crippen LogP contribution < -0.4 is 18.9 Å². The van der Waals surface area contributed by atoms with Crippen LogP contribution in [0.25, 0.3) is 0 Å². The van der Waals surface area contributed by atoms with Gasteiger partial charge in [-0.25, -0.2) is 0 Å². The Balaban J connectivity index is 0.00000128. The Morgan fingerprint density at radius 1 is 0.875 bits per heavy atom. The van der Waals surface area contributed by atoms with Gasteiger partial charge in [0.1, 0.15) is 11.4 Å². The van der Waals surface area contributed by atoms with Crippen LogP contribution in [0.5, 0.6) is 5.75 Å². The molecule has 74 valence electrons. The Morgan fingerprint density at radius 2 is 1.50 bits per heavy atom. The molecule has 0 bridgehead atoms. The quantitative estimate of drug-likeness (QED) is 0.548. The summed E-state index contributed by atoms with van der Waals surface area (Å²) in [6, 6.07) is 16.8. The van der Waals surface area contributed by atoms with Crippen LogP contribution in [-0.2, 0) is 0 Å². The predicted molar refractivity (Wildman–Crippen MR) is 61.8 cm³/mol. The third kappa shape index (κ3) is 3.27. The normalized spacial score (nSPS) is 10.0. The second-order valence-electron chi connectivity index (χ2n) is 3.16. The number of para-hydroxylation sites is 2. The van der Waals surface area contributed by atoms with Crippen LogP contribution >= 0.6 is 0 Å². The first kappa shape index (κ1) is 12.6. The second kappa shape index (κ2) is 6.17. The fraction of sp³-hybridized carbons (Fsp3) is 0. The molecule has 2 aromatic carbocycles. The maximum atomic E-state index is 9.47. The zero-order chi connectivity index (χ0) is 10.5. The Bertz CT molecular complexity index is 468. The smallest absolute Gasteiger partial charge is 0.506 e. The van der Waals surface area contributed by atoms with Crippen molar-refractivity contribution in [3.63, 3.8) is 0 Å². The molecular weight excluding hydrogens is 193 g/mol. The van der Waals surface area contributed by atoms with Gasteiger partial charge in [-0.2, -0.15) is 0 Å². The second-order valence-corrected chi connectivity index (χ2v) is 3.16. The third-order valence-corrected chi connectivity index (χ3v) is 2.03. The average molecular weight is 204 g/mol. The number of rotatable bonds is 2. The van der Waals surface area contributed by atoms with Crippen molar-refractivity contribution in [2.45, 2.75) is 0 Å². The minimum atomic E-state index is 0. The fourth-order valence-corrected chi connectivity index (χ4v) is 1.26. The zero-order valence-electron chi connectivity index (χ0n) is 9.17. The average Bonchev–Trinajstić information content (AvgIpc) is 2.29. The van der Waals surface area contributed by atoms with Crippen molar-refractivity contribution in [1.82, 2.24) is 0 Å². The van der Waals surface area contributed by atoms with E-state index in [0.717, 1.165) is 5.56 Å². The summed E-state index contributed by atoms with van der Waals surface area (Å²) in [5.74, 6) is 0.199. The first-order chi connectivity index (χ1) is 7.36. The molecular formula is C13H11LiNO+. The summed E-state index contributed by atoms with van der Waals surface area (Å²) >= 11 is 0. The molecule has 2 aromatic rings. The van der Waals surface area contributed by atoms with Gasteiger partial charge in [-0.05, 0) is 17.7 Å². The van der Waals surface area contributed by atoms with E-state index in [1.54, 1.807) is 24.4 Å². The Hall–Kier alpha value is -1.49. The van der Waals surface area contributed by atoms with Crippen LogP contribution in [0.2, 0.25) is 0 Å². The van der Waals surface area contributed by atoms with E-state index < -0.39 is 0 Å². The van der Waals surface area contributed by atoms with Crippen LogP contribution in [-0.4, -0.2) is 11.3 Å². The van der Waals surface area contributed by atoms with Crippen molar-refractivity contribution < 1.29 is 24.0 Å². The Labute approximate surface area is 107 Å². The number of hydrogen-bond donors (Lipinski definition) is 1. The van der Waals surface area contributed by atoms with Gasteiger partial charge >= 0.3 is 18.9 Å². The van der Waals surface area contributed by atoms with E-state index in [9.17, 15) is 5.11 Å². The van der Waals surface area contributed by atoms with Crippen molar-refractivity contribution in [3.8, 4) is 5.75 Å². The zero-order valence-corrected chi connectivity index (χ0v) is 9.17. The van der Waals surface area contributed by atoms with E-state index in [0.29, 0.717) is 5.69 Å². The van der Waals surface area contributed by atoms with E-state index in [4.69, 9.17) is 0 Å². The van der Waals surface area contributed by atoms with Crippen molar-refractivity contribution in [3.05, 3.63) is 60.2 Å². The van der Waals surface area contributed by atoms with Gasteiger partial charge in [0.2, 0.25) is 0 Å². The number of hydrogen-bond acceptors (Lipinski definition) is 2. The first-order valence-electron chi connectivity index (χ1n) is 4.73. The minimum Gasteiger partial charge on any atom is -0.506 e. The molecule has 0 atom stereocenters. The van der Waals surface area contributed by atoms with Crippen molar-refractivity contribution in [1.29, 1.82) is 0 Å². The molecule has 0 aromatic heterocycles. The Kier molecular flexibility index (Phi) is 4.85. The van der Waals surface area contributed by atoms with E-state index in [2.05, 4.69) is 4.99 Å². The van der Waals surface area contributed by atoms with Crippen molar-refractivity contribution in [2.75, 3.05) is 0 Å². The standard InChI is InChI=1S/C13H11NO.Li/c15-13-9-5-4-8-12(13)14-10-11-6-2-1-3-7-11;/h1-10,15H;/q;+1/b14-10-;. The Morgan fingerprint density at radius 3 is 2.19 bits per heavy atom. The van der Waals surface area contributed by atoms with Crippen molar-refractivity contribution in [2.24, 2.45) is 4.99 Å². The molecule has 0 radical (unpaired) electrons. The molecule has 0 aliphatic heterocycles. The molecule has 0 saturated heterocycles. The van der Waals surface area contributed by atoms with E-state index in [1.165, 1.54) is 0 Å². The number of phenols is 1. The van der Waals surface area contributed by atoms with E-state index >= 15 is 0 Å². The molecule has 0 fully saturated rings. The number of benzene rings is 2. The molecule has 0 unspecified atom stereocenters. The summed E-state index contributed by atoms with van der Waals surface area (Å²) in [5.41, 5.74) is 1.60. The van der Waals surface area contributed by atoms with Crippen LogP contribution in [0.15, 0.2) is 59.6 Å². The topological polar surface area (TPSA) is 32.6 Å². The summed E-state index contributed by atoms with van der Waals surface area (Å²) in [7, 11) is 0. The van der Waals surface area contributed by atoms with E-state index in [1.807, 2.05) is 36.4 Å². The molecule has 2 rings (SSSR count). The van der Waals surface area contributed by atoms with Crippen LogP contribution in [0.4, 0.5) is 5.69 Å². The van der Waals surface area contributed by atoms with Gasteiger partial charge in [-0.1, -0.05) is 42.5 Å². The first-order valence-corrected chi connectivity index (χ1v) is 4.73. The van der Waals surface area contributed by atoms with Gasteiger partial charge in [-0.15, -0.1) is 0 Å². The molecule has 0 aliphatic rings. The van der Waals surface area contributed by atoms with E-state index in [-0.39, 0.29) is 24.6 Å². The SMILES string of the molecule is Oc1ccccc1/N=C\c1ccccc1.[Li+]. The third-order valence-electron chi connectivity index (χ3n) is 2.03. The fourth-order valence-electron chi connectivity index (χ4n) is 1.26. The summed E-state index contributed by atoms with van der Waals surface area (Å²) in [4.78, 5) is 4.20. The van der Waals surface area contributed by atoms with Crippen LogP contribution in [0.3, 0.4) is 0 Å². The number of aliphatic imine (C=N–C) groups is 1. The monoisotopic (exact) mass is 204 g/mol. The summed E-state index contributed by atoms with van der Waals surface area (Å²) < 4.78 is 0.